The molecule has 0 saturated carbocycles. The van der Waals surface area contributed by atoms with Gasteiger partial charge in [-0.2, -0.15) is 0 Å². The van der Waals surface area contributed by atoms with Crippen molar-refractivity contribution in [2.24, 2.45) is 0 Å². The molecule has 1 rings (SSSR count). The summed E-state index contributed by atoms with van der Waals surface area (Å²) in [6.45, 7) is 8.48. The standard InChI is InChI=1S/C14H22N4/c1-6-8-18(5)13-10-16-14(11(3)4)17-12(13)9-15-7-2/h1,10-11,15H,7-9H2,2-5H3. The Bertz CT molecular complexity index is 420. The van der Waals surface area contributed by atoms with Crippen LogP contribution >= 0.6 is 0 Å². The average molecular weight is 246 g/mol. The Kier molecular flexibility index (Phi) is 5.60. The molecule has 0 radical (unpaired) electrons. The molecule has 18 heavy (non-hydrogen) atoms. The van der Waals surface area contributed by atoms with Crippen LogP contribution in [-0.2, 0) is 6.54 Å². The summed E-state index contributed by atoms with van der Waals surface area (Å²) in [7, 11) is 1.96. The number of rotatable bonds is 6. The third kappa shape index (κ3) is 3.71. The summed E-state index contributed by atoms with van der Waals surface area (Å²) in [5.74, 6) is 3.84. The van der Waals surface area contributed by atoms with Gasteiger partial charge in [0.15, 0.2) is 0 Å². The van der Waals surface area contributed by atoms with Crippen LogP contribution in [-0.4, -0.2) is 30.1 Å². The lowest BCUT2D eigenvalue weighted by molar-refractivity contribution is 0.684. The molecular weight excluding hydrogens is 224 g/mol. The van der Waals surface area contributed by atoms with Crippen molar-refractivity contribution in [2.45, 2.75) is 33.2 Å². The monoisotopic (exact) mass is 246 g/mol. The second kappa shape index (κ2) is 6.97. The number of hydrogen-bond acceptors (Lipinski definition) is 4. The molecule has 0 amide bonds. The first-order chi connectivity index (χ1) is 8.60. The maximum Gasteiger partial charge on any atom is 0.131 e. The molecule has 0 aliphatic rings. The highest BCUT2D eigenvalue weighted by atomic mass is 15.1. The van der Waals surface area contributed by atoms with Gasteiger partial charge in [0, 0.05) is 19.5 Å². The minimum atomic E-state index is 0.331. The highest BCUT2D eigenvalue weighted by Gasteiger charge is 2.12. The fourth-order valence-corrected chi connectivity index (χ4v) is 1.62. The zero-order valence-corrected chi connectivity index (χ0v) is 11.7. The molecule has 4 nitrogen and oxygen atoms in total. The van der Waals surface area contributed by atoms with E-state index in [1.807, 2.05) is 18.1 Å². The first kappa shape index (κ1) is 14.5. The lowest BCUT2D eigenvalue weighted by Gasteiger charge is -2.20. The van der Waals surface area contributed by atoms with Crippen LogP contribution in [0.2, 0.25) is 0 Å². The average Bonchev–Trinajstić information content (AvgIpc) is 2.36. The predicted molar refractivity (Wildman–Crippen MR) is 75.6 cm³/mol. The Labute approximate surface area is 110 Å². The summed E-state index contributed by atoms with van der Waals surface area (Å²) in [6, 6.07) is 0. The third-order valence-electron chi connectivity index (χ3n) is 2.66. The normalized spacial score (nSPS) is 10.4. The fourth-order valence-electron chi connectivity index (χ4n) is 1.62. The van der Waals surface area contributed by atoms with E-state index in [4.69, 9.17) is 6.42 Å². The third-order valence-corrected chi connectivity index (χ3v) is 2.66. The summed E-state index contributed by atoms with van der Waals surface area (Å²) in [5, 5.41) is 3.30. The van der Waals surface area contributed by atoms with Gasteiger partial charge >= 0.3 is 0 Å². The predicted octanol–water partition coefficient (Wildman–Crippen LogP) is 1.78. The van der Waals surface area contributed by atoms with Gasteiger partial charge in [0.1, 0.15) is 5.82 Å². The number of aromatic nitrogens is 2. The molecule has 0 atom stereocenters. The molecule has 0 bridgehead atoms. The molecular formula is C14H22N4. The number of terminal acetylenes is 1. The van der Waals surface area contributed by atoms with Gasteiger partial charge in [-0.15, -0.1) is 6.42 Å². The maximum atomic E-state index is 5.35. The summed E-state index contributed by atoms with van der Waals surface area (Å²) < 4.78 is 0. The lowest BCUT2D eigenvalue weighted by atomic mass is 10.2. The molecule has 0 spiro atoms. The van der Waals surface area contributed by atoms with Gasteiger partial charge in [0.05, 0.1) is 24.1 Å². The van der Waals surface area contributed by atoms with Crippen LogP contribution in [0.15, 0.2) is 6.20 Å². The van der Waals surface area contributed by atoms with E-state index in [9.17, 15) is 0 Å². The molecule has 1 aromatic heterocycles. The van der Waals surface area contributed by atoms with Crippen LogP contribution in [0.3, 0.4) is 0 Å². The first-order valence-corrected chi connectivity index (χ1v) is 6.31. The Balaban J connectivity index is 3.04. The second-order valence-electron chi connectivity index (χ2n) is 4.56. The molecule has 0 aliphatic heterocycles. The van der Waals surface area contributed by atoms with E-state index in [1.54, 1.807) is 0 Å². The van der Waals surface area contributed by atoms with E-state index in [2.05, 4.69) is 42.0 Å². The van der Waals surface area contributed by atoms with Crippen molar-refractivity contribution in [3.8, 4) is 12.3 Å². The highest BCUT2D eigenvalue weighted by molar-refractivity contribution is 5.49. The van der Waals surface area contributed by atoms with Crippen LogP contribution in [0.5, 0.6) is 0 Å². The molecule has 1 heterocycles. The zero-order chi connectivity index (χ0) is 13.5. The number of nitrogens with zero attached hydrogens (tertiary/aromatic N) is 3. The smallest absolute Gasteiger partial charge is 0.131 e. The number of hydrogen-bond donors (Lipinski definition) is 1. The molecule has 0 fully saturated rings. The van der Waals surface area contributed by atoms with Gasteiger partial charge in [-0.25, -0.2) is 9.97 Å². The Morgan fingerprint density at radius 3 is 2.78 bits per heavy atom. The van der Waals surface area contributed by atoms with Crippen molar-refractivity contribution < 1.29 is 0 Å². The van der Waals surface area contributed by atoms with Crippen LogP contribution in [0, 0.1) is 12.3 Å². The summed E-state index contributed by atoms with van der Waals surface area (Å²) in [5.41, 5.74) is 2.01. The van der Waals surface area contributed by atoms with Gasteiger partial charge in [0.2, 0.25) is 0 Å². The maximum absolute atomic E-state index is 5.35. The van der Waals surface area contributed by atoms with E-state index >= 15 is 0 Å². The van der Waals surface area contributed by atoms with Gasteiger partial charge in [0.25, 0.3) is 0 Å². The van der Waals surface area contributed by atoms with Crippen molar-refractivity contribution in [3.05, 3.63) is 17.7 Å². The van der Waals surface area contributed by atoms with Crippen molar-refractivity contribution in [1.29, 1.82) is 0 Å². The summed E-state index contributed by atoms with van der Waals surface area (Å²) >= 11 is 0. The fraction of sp³-hybridized carbons (Fsp3) is 0.571. The van der Waals surface area contributed by atoms with E-state index in [0.717, 1.165) is 30.3 Å². The molecule has 1 aromatic rings. The molecule has 0 aliphatic carbocycles. The minimum Gasteiger partial charge on any atom is -0.361 e. The Morgan fingerprint density at radius 1 is 1.50 bits per heavy atom. The molecule has 98 valence electrons. The van der Waals surface area contributed by atoms with E-state index in [1.165, 1.54) is 0 Å². The highest BCUT2D eigenvalue weighted by Crippen LogP contribution is 2.19. The molecule has 0 unspecified atom stereocenters. The quantitative estimate of drug-likeness (QED) is 0.777. The van der Waals surface area contributed by atoms with E-state index < -0.39 is 0 Å². The van der Waals surface area contributed by atoms with Gasteiger partial charge < -0.3 is 10.2 Å². The van der Waals surface area contributed by atoms with Crippen molar-refractivity contribution in [1.82, 2.24) is 15.3 Å². The molecule has 0 aromatic carbocycles. The molecule has 0 saturated heterocycles. The second-order valence-corrected chi connectivity index (χ2v) is 4.56. The van der Waals surface area contributed by atoms with Gasteiger partial charge in [-0.1, -0.05) is 26.7 Å². The van der Waals surface area contributed by atoms with Gasteiger partial charge in [-0.3, -0.25) is 0 Å². The minimum absolute atomic E-state index is 0.331. The topological polar surface area (TPSA) is 41.1 Å². The zero-order valence-electron chi connectivity index (χ0n) is 11.7. The lowest BCUT2D eigenvalue weighted by Crippen LogP contribution is -2.23. The van der Waals surface area contributed by atoms with Crippen LogP contribution in [0.25, 0.3) is 0 Å². The summed E-state index contributed by atoms with van der Waals surface area (Å²) in [6.07, 6.45) is 7.21. The van der Waals surface area contributed by atoms with Crippen LogP contribution in [0.4, 0.5) is 5.69 Å². The SMILES string of the molecule is C#CCN(C)c1cnc(C(C)C)nc1CNCC. The van der Waals surface area contributed by atoms with Gasteiger partial charge in [-0.05, 0) is 6.54 Å². The number of nitrogens with one attached hydrogen (secondary N) is 1. The first-order valence-electron chi connectivity index (χ1n) is 6.31. The van der Waals surface area contributed by atoms with E-state index in [-0.39, 0.29) is 0 Å². The van der Waals surface area contributed by atoms with Crippen LogP contribution < -0.4 is 10.2 Å². The van der Waals surface area contributed by atoms with Crippen molar-refractivity contribution >= 4 is 5.69 Å². The number of anilines is 1. The van der Waals surface area contributed by atoms with Crippen LogP contribution in [0.1, 0.15) is 38.2 Å². The molecule has 4 heteroatoms. The molecule has 1 N–H and O–H groups in total. The van der Waals surface area contributed by atoms with E-state index in [0.29, 0.717) is 12.5 Å². The van der Waals surface area contributed by atoms with Crippen molar-refractivity contribution in [3.63, 3.8) is 0 Å². The Morgan fingerprint density at radius 2 is 2.22 bits per heavy atom. The van der Waals surface area contributed by atoms with Crippen molar-refractivity contribution in [2.75, 3.05) is 25.0 Å². The Hall–Kier alpha value is -1.60. The largest absolute Gasteiger partial charge is 0.361 e. The summed E-state index contributed by atoms with van der Waals surface area (Å²) in [4.78, 5) is 11.0.